The second-order valence-electron chi connectivity index (χ2n) is 9.67. The van der Waals surface area contributed by atoms with Gasteiger partial charge in [0.2, 0.25) is 0 Å². The third kappa shape index (κ3) is 4.76. The molecule has 0 amide bonds. The van der Waals surface area contributed by atoms with Crippen LogP contribution in [0.4, 0.5) is 5.69 Å². The Morgan fingerprint density at radius 2 is 1.44 bits per heavy atom. The Bertz CT molecular complexity index is 1720. The molecule has 41 heavy (non-hydrogen) atoms. The zero-order valence-electron chi connectivity index (χ0n) is 21.9. The summed E-state index contributed by atoms with van der Waals surface area (Å²) in [5, 5.41) is 26.9. The predicted molar refractivity (Wildman–Crippen MR) is 156 cm³/mol. The van der Waals surface area contributed by atoms with Crippen LogP contribution < -0.4 is 26.6 Å². The van der Waals surface area contributed by atoms with E-state index in [1.165, 1.54) is 0 Å². The second kappa shape index (κ2) is 10.2. The lowest BCUT2D eigenvalue weighted by molar-refractivity contribution is 0.0697. The van der Waals surface area contributed by atoms with Gasteiger partial charge in [0.1, 0.15) is 17.4 Å². The second-order valence-corrected chi connectivity index (χ2v) is 9.67. The first-order chi connectivity index (χ1) is 20.1. The molecule has 0 unspecified atom stereocenters. The van der Waals surface area contributed by atoms with Crippen molar-refractivity contribution in [1.82, 2.24) is 36.6 Å². The van der Waals surface area contributed by atoms with E-state index in [0.29, 0.717) is 16.8 Å². The van der Waals surface area contributed by atoms with Crippen molar-refractivity contribution in [3.63, 3.8) is 0 Å². The van der Waals surface area contributed by atoms with Gasteiger partial charge in [0.05, 0.1) is 41.9 Å². The van der Waals surface area contributed by atoms with Gasteiger partial charge in [0, 0.05) is 41.5 Å². The highest BCUT2D eigenvalue weighted by Crippen LogP contribution is 2.28. The van der Waals surface area contributed by atoms with Crippen molar-refractivity contribution in [1.29, 1.82) is 0 Å². The Balaban J connectivity index is 1.11. The molecule has 0 saturated heterocycles. The quantitative estimate of drug-likeness (QED) is 0.236. The molecule has 3 aliphatic rings. The van der Waals surface area contributed by atoms with E-state index in [1.54, 1.807) is 23.0 Å². The average molecular weight is 547 g/mol. The number of nitrogens with one attached hydrogen (secondary N) is 4. The van der Waals surface area contributed by atoms with Crippen LogP contribution in [0, 0.1) is 0 Å². The summed E-state index contributed by atoms with van der Waals surface area (Å²) in [5.41, 5.74) is 12.5. The van der Waals surface area contributed by atoms with E-state index >= 15 is 0 Å². The molecule has 0 bridgehead atoms. The van der Waals surface area contributed by atoms with Crippen molar-refractivity contribution in [3.05, 3.63) is 101 Å². The minimum absolute atomic E-state index is 0.130. The van der Waals surface area contributed by atoms with Crippen LogP contribution in [0.5, 0.6) is 0 Å². The third-order valence-electron chi connectivity index (χ3n) is 7.07. The normalized spacial score (nSPS) is 16.0. The highest BCUT2D eigenvalue weighted by molar-refractivity contribution is 6.00. The van der Waals surface area contributed by atoms with E-state index in [9.17, 15) is 9.90 Å². The number of hydrazine groups is 2. The summed E-state index contributed by atoms with van der Waals surface area (Å²) in [6, 6.07) is 21.1. The number of benzene rings is 3. The number of carbonyl (C=O) groups is 1. The van der Waals surface area contributed by atoms with Crippen LogP contribution in [0.25, 0.3) is 22.6 Å². The molecule has 4 aromatic rings. The third-order valence-corrected chi connectivity index (χ3v) is 7.07. The van der Waals surface area contributed by atoms with Gasteiger partial charge in [-0.3, -0.25) is 15.0 Å². The highest BCUT2D eigenvalue weighted by Gasteiger charge is 2.20. The van der Waals surface area contributed by atoms with Gasteiger partial charge < -0.3 is 21.2 Å². The van der Waals surface area contributed by atoms with E-state index in [4.69, 9.17) is 0 Å². The Labute approximate surface area is 235 Å². The minimum atomic E-state index is -1.05. The van der Waals surface area contributed by atoms with E-state index < -0.39 is 5.97 Å². The molecule has 1 aromatic heterocycles. The molecule has 7 rings (SSSR count). The Hall–Kier alpha value is -5.49. The lowest BCUT2D eigenvalue weighted by atomic mass is 10.0. The lowest BCUT2D eigenvalue weighted by Gasteiger charge is -2.15. The number of aromatic carboxylic acids is 1. The number of amidine groups is 2. The van der Waals surface area contributed by atoms with Crippen LogP contribution in [0.1, 0.15) is 27.0 Å². The summed E-state index contributed by atoms with van der Waals surface area (Å²) in [6.07, 6.45) is 3.61. The maximum absolute atomic E-state index is 12.3. The van der Waals surface area contributed by atoms with Gasteiger partial charge in [-0.2, -0.15) is 0 Å². The maximum atomic E-state index is 12.3. The van der Waals surface area contributed by atoms with Crippen LogP contribution in [-0.4, -0.2) is 63.9 Å². The van der Waals surface area contributed by atoms with Gasteiger partial charge in [0.25, 0.3) is 0 Å². The van der Waals surface area contributed by atoms with Crippen LogP contribution in [0.15, 0.2) is 89.1 Å². The highest BCUT2D eigenvalue weighted by atomic mass is 16.4. The fourth-order valence-corrected chi connectivity index (χ4v) is 4.96. The number of carboxylic acids is 1. The van der Waals surface area contributed by atoms with Gasteiger partial charge in [0.15, 0.2) is 0 Å². The van der Waals surface area contributed by atoms with Crippen LogP contribution >= 0.6 is 0 Å². The van der Waals surface area contributed by atoms with Crippen molar-refractivity contribution in [2.45, 2.75) is 0 Å². The molecule has 4 heterocycles. The van der Waals surface area contributed by atoms with Crippen molar-refractivity contribution in [3.8, 4) is 16.9 Å². The van der Waals surface area contributed by atoms with E-state index in [1.807, 2.05) is 65.8 Å². The molecule has 12 nitrogen and oxygen atoms in total. The van der Waals surface area contributed by atoms with E-state index in [2.05, 4.69) is 41.9 Å². The first-order valence-corrected chi connectivity index (χ1v) is 13.2. The fourth-order valence-electron chi connectivity index (χ4n) is 4.96. The van der Waals surface area contributed by atoms with E-state index in [-0.39, 0.29) is 5.56 Å². The zero-order valence-corrected chi connectivity index (χ0v) is 21.9. The number of anilines is 1. The molecular weight excluding hydrogens is 520 g/mol. The summed E-state index contributed by atoms with van der Waals surface area (Å²) in [5.74, 6) is 0.747. The molecule has 12 heteroatoms. The monoisotopic (exact) mass is 546 g/mol. The SMILES string of the molecule is O=C(O)c1cc(C2=CN(c3ccc(C4=NCCN4)cc3)NN2)ccc1-c1cn(-c2ccc(C3=NCCN3)cc2)nn1. The smallest absolute Gasteiger partial charge is 0.336 e. The molecule has 0 aliphatic carbocycles. The number of nitrogens with zero attached hydrogens (tertiary/aromatic N) is 6. The Morgan fingerprint density at radius 1 is 0.805 bits per heavy atom. The van der Waals surface area contributed by atoms with Crippen molar-refractivity contribution in [2.75, 3.05) is 31.2 Å². The van der Waals surface area contributed by atoms with Crippen molar-refractivity contribution in [2.24, 2.45) is 9.98 Å². The van der Waals surface area contributed by atoms with Gasteiger partial charge in [-0.1, -0.05) is 17.3 Å². The Morgan fingerprint density at radius 3 is 2.05 bits per heavy atom. The molecule has 3 aromatic carbocycles. The topological polar surface area (TPSA) is 144 Å². The van der Waals surface area contributed by atoms with Crippen LogP contribution in [0.3, 0.4) is 0 Å². The number of carboxylic acid groups (broad SMARTS) is 1. The summed E-state index contributed by atoms with van der Waals surface area (Å²) >= 11 is 0. The largest absolute Gasteiger partial charge is 0.478 e. The van der Waals surface area contributed by atoms with E-state index in [0.717, 1.165) is 66.0 Å². The van der Waals surface area contributed by atoms with Crippen LogP contribution in [-0.2, 0) is 0 Å². The van der Waals surface area contributed by atoms with Gasteiger partial charge in [-0.25, -0.2) is 9.48 Å². The van der Waals surface area contributed by atoms with Gasteiger partial charge >= 0.3 is 5.97 Å². The van der Waals surface area contributed by atoms with Gasteiger partial charge in [-0.05, 0) is 54.6 Å². The number of hydrogen-bond acceptors (Lipinski definition) is 10. The summed E-state index contributed by atoms with van der Waals surface area (Å²) < 4.78 is 1.63. The lowest BCUT2D eigenvalue weighted by Crippen LogP contribution is -2.36. The number of aromatic nitrogens is 3. The maximum Gasteiger partial charge on any atom is 0.336 e. The fraction of sp³-hybridized carbons (Fsp3) is 0.138. The van der Waals surface area contributed by atoms with Crippen LogP contribution in [0.2, 0.25) is 0 Å². The number of hydrogen-bond donors (Lipinski definition) is 5. The predicted octanol–water partition coefficient (Wildman–Crippen LogP) is 2.16. The number of aliphatic imine (C=N–C) groups is 2. The molecule has 0 spiro atoms. The molecule has 0 fully saturated rings. The average Bonchev–Trinajstić information content (AvgIpc) is 3.84. The molecule has 5 N–H and O–H groups in total. The summed E-state index contributed by atoms with van der Waals surface area (Å²) in [4.78, 5) is 21.2. The van der Waals surface area contributed by atoms with Crippen molar-refractivity contribution < 1.29 is 9.90 Å². The molecule has 0 atom stereocenters. The summed E-state index contributed by atoms with van der Waals surface area (Å²) in [6.45, 7) is 3.27. The zero-order chi connectivity index (χ0) is 27.8. The first-order valence-electron chi connectivity index (χ1n) is 13.2. The molecule has 3 aliphatic heterocycles. The molecule has 204 valence electrons. The first kappa shape index (κ1) is 24.5. The summed E-state index contributed by atoms with van der Waals surface area (Å²) in [7, 11) is 0. The minimum Gasteiger partial charge on any atom is -0.478 e. The van der Waals surface area contributed by atoms with Crippen molar-refractivity contribution >= 4 is 29.0 Å². The number of rotatable bonds is 7. The molecular formula is C29H26N10O2. The standard InChI is InChI=1S/C29H26N10O2/c40-29(41)24-15-20(25-16-38(36-34-25)21-6-1-18(2-7-21)27-30-11-12-31-27)5-10-23(24)26-17-39(37-35-26)22-8-3-19(4-9-22)28-32-13-14-33-28/h1-10,15-17,34,36H,11-14H2,(H,30,31)(H,32,33)(H,40,41). The molecule has 0 saturated carbocycles. The molecule has 0 radical (unpaired) electrons. The Kier molecular flexibility index (Phi) is 6.13. The van der Waals surface area contributed by atoms with Gasteiger partial charge in [-0.15, -0.1) is 10.6 Å².